The minimum atomic E-state index is 0.0356. The Balaban J connectivity index is 3.00. The molecule has 0 unspecified atom stereocenters. The van der Waals surface area contributed by atoms with Gasteiger partial charge in [0.05, 0.1) is 23.9 Å². The third-order valence-electron chi connectivity index (χ3n) is 3.13. The van der Waals surface area contributed by atoms with Crippen molar-refractivity contribution < 1.29 is 9.84 Å². The number of aliphatic hydroxyl groups excluding tert-OH is 1. The molecule has 5 heteroatoms. The number of hydrogen-bond acceptors (Lipinski definition) is 4. The maximum absolute atomic E-state index is 9.30. The lowest BCUT2D eigenvalue weighted by Crippen LogP contribution is -2.36. The van der Waals surface area contributed by atoms with Gasteiger partial charge in [-0.25, -0.2) is 0 Å². The standard InChI is InChI=1S/C16H27ClN2O2/c1-16(2,3)18-12-13-6-5-7-14(17)15(13)19(8-10-20)9-11-21-4/h5-7,18,20H,8-12H2,1-4H3. The largest absolute Gasteiger partial charge is 0.395 e. The van der Waals surface area contributed by atoms with Gasteiger partial charge >= 0.3 is 0 Å². The van der Waals surface area contributed by atoms with Crippen LogP contribution in [0.4, 0.5) is 5.69 Å². The Hall–Kier alpha value is -0.810. The second-order valence-corrected chi connectivity index (χ2v) is 6.46. The summed E-state index contributed by atoms with van der Waals surface area (Å²) >= 11 is 6.40. The van der Waals surface area contributed by atoms with Gasteiger partial charge in [0.2, 0.25) is 0 Å². The number of nitrogens with one attached hydrogen (secondary N) is 1. The minimum absolute atomic E-state index is 0.0356. The number of ether oxygens (including phenoxy) is 1. The van der Waals surface area contributed by atoms with Crippen molar-refractivity contribution >= 4 is 17.3 Å². The molecule has 2 N–H and O–H groups in total. The number of para-hydroxylation sites is 1. The molecule has 0 aliphatic heterocycles. The lowest BCUT2D eigenvalue weighted by atomic mass is 10.1. The topological polar surface area (TPSA) is 44.7 Å². The number of rotatable bonds is 8. The first-order chi connectivity index (χ1) is 9.89. The Morgan fingerprint density at radius 2 is 2.00 bits per heavy atom. The summed E-state index contributed by atoms with van der Waals surface area (Å²) in [6.07, 6.45) is 0. The fraction of sp³-hybridized carbons (Fsp3) is 0.625. The summed E-state index contributed by atoms with van der Waals surface area (Å²) in [6, 6.07) is 5.91. The van der Waals surface area contributed by atoms with Gasteiger partial charge in [0, 0.05) is 32.3 Å². The Morgan fingerprint density at radius 1 is 1.29 bits per heavy atom. The molecule has 0 aliphatic carbocycles. The Morgan fingerprint density at radius 3 is 2.57 bits per heavy atom. The van der Waals surface area contributed by atoms with Crippen LogP contribution >= 0.6 is 11.6 Å². The van der Waals surface area contributed by atoms with E-state index in [0.29, 0.717) is 24.7 Å². The maximum Gasteiger partial charge on any atom is 0.0642 e. The molecule has 1 aromatic rings. The van der Waals surface area contributed by atoms with Gasteiger partial charge in [0.15, 0.2) is 0 Å². The number of hydrogen-bond donors (Lipinski definition) is 2. The van der Waals surface area contributed by atoms with E-state index in [0.717, 1.165) is 17.8 Å². The van der Waals surface area contributed by atoms with Crippen LogP contribution in [-0.2, 0) is 11.3 Å². The van der Waals surface area contributed by atoms with Crippen molar-refractivity contribution in [3.05, 3.63) is 28.8 Å². The van der Waals surface area contributed by atoms with Crippen molar-refractivity contribution in [1.29, 1.82) is 0 Å². The molecule has 0 aliphatic rings. The molecule has 0 heterocycles. The fourth-order valence-electron chi connectivity index (χ4n) is 2.07. The van der Waals surface area contributed by atoms with Crippen LogP contribution in [0.2, 0.25) is 5.02 Å². The van der Waals surface area contributed by atoms with Crippen LogP contribution in [0.25, 0.3) is 0 Å². The van der Waals surface area contributed by atoms with E-state index in [2.05, 4.69) is 37.1 Å². The third kappa shape index (κ3) is 6.22. The quantitative estimate of drug-likeness (QED) is 0.774. The highest BCUT2D eigenvalue weighted by Crippen LogP contribution is 2.30. The third-order valence-corrected chi connectivity index (χ3v) is 3.44. The zero-order valence-electron chi connectivity index (χ0n) is 13.4. The Kier molecular flexibility index (Phi) is 7.46. The molecule has 120 valence electrons. The van der Waals surface area contributed by atoms with E-state index in [1.54, 1.807) is 7.11 Å². The van der Waals surface area contributed by atoms with E-state index >= 15 is 0 Å². The highest BCUT2D eigenvalue weighted by Gasteiger charge is 2.16. The summed E-state index contributed by atoms with van der Waals surface area (Å²) in [6.45, 7) is 9.04. The van der Waals surface area contributed by atoms with Gasteiger partial charge in [-0.05, 0) is 32.4 Å². The summed E-state index contributed by atoms with van der Waals surface area (Å²) in [5.41, 5.74) is 2.14. The summed E-state index contributed by atoms with van der Waals surface area (Å²) in [7, 11) is 1.67. The zero-order valence-corrected chi connectivity index (χ0v) is 14.2. The normalized spacial score (nSPS) is 11.7. The molecule has 0 bridgehead atoms. The maximum atomic E-state index is 9.30. The van der Waals surface area contributed by atoms with Gasteiger partial charge in [0.1, 0.15) is 0 Å². The van der Waals surface area contributed by atoms with E-state index in [9.17, 15) is 5.11 Å². The molecule has 0 saturated heterocycles. The number of aliphatic hydroxyl groups is 1. The molecule has 0 amide bonds. The number of halogens is 1. The fourth-order valence-corrected chi connectivity index (χ4v) is 2.39. The molecule has 1 rings (SSSR count). The van der Waals surface area contributed by atoms with E-state index < -0.39 is 0 Å². The lowest BCUT2D eigenvalue weighted by Gasteiger charge is -2.29. The van der Waals surface area contributed by atoms with Gasteiger partial charge in [-0.1, -0.05) is 23.7 Å². The van der Waals surface area contributed by atoms with E-state index in [1.165, 1.54) is 0 Å². The molecule has 0 saturated carbocycles. The molecule has 4 nitrogen and oxygen atoms in total. The van der Waals surface area contributed by atoms with Crippen molar-refractivity contribution in [1.82, 2.24) is 5.32 Å². The second-order valence-electron chi connectivity index (χ2n) is 6.05. The van der Waals surface area contributed by atoms with Gasteiger partial charge in [-0.2, -0.15) is 0 Å². The second kappa shape index (κ2) is 8.59. The number of methoxy groups -OCH3 is 1. The van der Waals surface area contributed by atoms with Crippen LogP contribution in [0.3, 0.4) is 0 Å². The number of benzene rings is 1. The van der Waals surface area contributed by atoms with Crippen molar-refractivity contribution in [2.75, 3.05) is 38.3 Å². The lowest BCUT2D eigenvalue weighted by molar-refractivity contribution is 0.203. The van der Waals surface area contributed by atoms with Gasteiger partial charge in [0.25, 0.3) is 0 Å². The molecule has 21 heavy (non-hydrogen) atoms. The minimum Gasteiger partial charge on any atom is -0.395 e. The van der Waals surface area contributed by atoms with Crippen LogP contribution < -0.4 is 10.2 Å². The SMILES string of the molecule is COCCN(CCO)c1c(Cl)cccc1CNC(C)(C)C. The molecule has 0 aromatic heterocycles. The highest BCUT2D eigenvalue weighted by molar-refractivity contribution is 6.33. The smallest absolute Gasteiger partial charge is 0.0642 e. The number of nitrogens with zero attached hydrogens (tertiary/aromatic N) is 1. The van der Waals surface area contributed by atoms with Gasteiger partial charge < -0.3 is 20.1 Å². The zero-order chi connectivity index (χ0) is 15.9. The van der Waals surface area contributed by atoms with Crippen LogP contribution in [0.15, 0.2) is 18.2 Å². The number of anilines is 1. The van der Waals surface area contributed by atoms with E-state index in [1.807, 2.05) is 12.1 Å². The summed E-state index contributed by atoms with van der Waals surface area (Å²) in [5, 5.41) is 13.5. The Bertz CT molecular complexity index is 433. The first-order valence-corrected chi connectivity index (χ1v) is 7.64. The summed E-state index contributed by atoms with van der Waals surface area (Å²) < 4.78 is 5.15. The molecule has 1 aromatic carbocycles. The van der Waals surface area contributed by atoms with Crippen molar-refractivity contribution in [3.8, 4) is 0 Å². The highest BCUT2D eigenvalue weighted by atomic mass is 35.5. The first-order valence-electron chi connectivity index (χ1n) is 7.26. The molecular weight excluding hydrogens is 288 g/mol. The van der Waals surface area contributed by atoms with Gasteiger partial charge in [-0.3, -0.25) is 0 Å². The van der Waals surface area contributed by atoms with Crippen LogP contribution in [-0.4, -0.2) is 44.1 Å². The molecule has 0 spiro atoms. The van der Waals surface area contributed by atoms with Gasteiger partial charge in [-0.15, -0.1) is 0 Å². The monoisotopic (exact) mass is 314 g/mol. The average molecular weight is 315 g/mol. The van der Waals surface area contributed by atoms with Crippen LogP contribution in [0, 0.1) is 0 Å². The summed E-state index contributed by atoms with van der Waals surface area (Å²) in [4.78, 5) is 2.07. The molecular formula is C16H27ClN2O2. The van der Waals surface area contributed by atoms with Crippen LogP contribution in [0.5, 0.6) is 0 Å². The molecule has 0 radical (unpaired) electrons. The molecule has 0 atom stereocenters. The predicted octanol–water partition coefficient (Wildman–Crippen LogP) is 2.67. The average Bonchev–Trinajstić information content (AvgIpc) is 2.41. The Labute approximate surface area is 133 Å². The molecule has 0 fully saturated rings. The van der Waals surface area contributed by atoms with E-state index in [-0.39, 0.29) is 12.1 Å². The predicted molar refractivity (Wildman–Crippen MR) is 89.2 cm³/mol. The summed E-state index contributed by atoms with van der Waals surface area (Å²) in [5.74, 6) is 0. The van der Waals surface area contributed by atoms with Crippen molar-refractivity contribution in [3.63, 3.8) is 0 Å². The van der Waals surface area contributed by atoms with Crippen LogP contribution in [0.1, 0.15) is 26.3 Å². The first kappa shape index (κ1) is 18.2. The van der Waals surface area contributed by atoms with Crippen molar-refractivity contribution in [2.45, 2.75) is 32.9 Å². The van der Waals surface area contributed by atoms with Crippen molar-refractivity contribution in [2.24, 2.45) is 0 Å². The van der Waals surface area contributed by atoms with E-state index in [4.69, 9.17) is 16.3 Å².